The zero-order chi connectivity index (χ0) is 18.6. The van der Waals surface area contributed by atoms with E-state index in [4.69, 9.17) is 0 Å². The number of nitrogens with zero attached hydrogens (tertiary/aromatic N) is 2. The van der Waals surface area contributed by atoms with Crippen molar-refractivity contribution in [1.29, 1.82) is 0 Å². The van der Waals surface area contributed by atoms with Crippen LogP contribution in [0.2, 0.25) is 0 Å². The van der Waals surface area contributed by atoms with Gasteiger partial charge in [0, 0.05) is 30.4 Å². The third-order valence-corrected chi connectivity index (χ3v) is 5.29. The molecule has 4 rings (SSSR count). The SMILES string of the molecule is O=C(NCCc1ccccn1)c1cc2sccc2n1Cc1ccccc1F. The Kier molecular flexibility index (Phi) is 4.98. The summed E-state index contributed by atoms with van der Waals surface area (Å²) in [6.45, 7) is 0.810. The lowest BCUT2D eigenvalue weighted by Crippen LogP contribution is -2.28. The number of halogens is 1. The minimum atomic E-state index is -0.268. The van der Waals surface area contributed by atoms with Crippen molar-refractivity contribution in [2.75, 3.05) is 6.54 Å². The molecule has 0 bridgehead atoms. The summed E-state index contributed by atoms with van der Waals surface area (Å²) in [5.74, 6) is -0.429. The Morgan fingerprint density at radius 3 is 2.81 bits per heavy atom. The van der Waals surface area contributed by atoms with Gasteiger partial charge in [0.25, 0.3) is 5.91 Å². The molecule has 0 fully saturated rings. The number of aromatic nitrogens is 2. The summed E-state index contributed by atoms with van der Waals surface area (Å²) < 4.78 is 17.0. The first kappa shape index (κ1) is 17.4. The first-order valence-electron chi connectivity index (χ1n) is 8.70. The monoisotopic (exact) mass is 379 g/mol. The van der Waals surface area contributed by atoms with E-state index in [1.165, 1.54) is 6.07 Å². The van der Waals surface area contributed by atoms with Crippen molar-refractivity contribution in [3.63, 3.8) is 0 Å². The van der Waals surface area contributed by atoms with Crippen LogP contribution in [0.4, 0.5) is 4.39 Å². The van der Waals surface area contributed by atoms with Gasteiger partial charge in [-0.1, -0.05) is 24.3 Å². The van der Waals surface area contributed by atoms with Gasteiger partial charge in [-0.2, -0.15) is 0 Å². The van der Waals surface area contributed by atoms with Crippen molar-refractivity contribution in [1.82, 2.24) is 14.9 Å². The normalized spacial score (nSPS) is 11.0. The zero-order valence-electron chi connectivity index (χ0n) is 14.6. The number of carbonyl (C=O) groups excluding carboxylic acids is 1. The van der Waals surface area contributed by atoms with Crippen molar-refractivity contribution in [2.24, 2.45) is 0 Å². The summed E-state index contributed by atoms with van der Waals surface area (Å²) in [5, 5.41) is 4.93. The standard InChI is InChI=1S/C21H18FN3OS/c22-17-7-2-1-5-15(17)14-25-18-9-12-27-20(18)13-19(25)21(26)24-11-8-16-6-3-4-10-23-16/h1-7,9-10,12-13H,8,11,14H2,(H,24,26). The fourth-order valence-corrected chi connectivity index (χ4v) is 3.90. The van der Waals surface area contributed by atoms with Gasteiger partial charge < -0.3 is 9.88 Å². The predicted molar refractivity (Wildman–Crippen MR) is 106 cm³/mol. The highest BCUT2D eigenvalue weighted by Gasteiger charge is 2.17. The molecule has 0 aliphatic rings. The van der Waals surface area contributed by atoms with E-state index in [0.717, 1.165) is 15.9 Å². The van der Waals surface area contributed by atoms with Crippen LogP contribution in [0.3, 0.4) is 0 Å². The number of fused-ring (bicyclic) bond motifs is 1. The molecule has 0 spiro atoms. The van der Waals surface area contributed by atoms with Crippen LogP contribution in [-0.2, 0) is 13.0 Å². The van der Waals surface area contributed by atoms with Gasteiger partial charge in [-0.15, -0.1) is 11.3 Å². The largest absolute Gasteiger partial charge is 0.350 e. The summed E-state index contributed by atoms with van der Waals surface area (Å²) in [6.07, 6.45) is 2.40. The molecule has 3 heterocycles. The topological polar surface area (TPSA) is 46.9 Å². The minimum absolute atomic E-state index is 0.161. The molecule has 3 aromatic heterocycles. The van der Waals surface area contributed by atoms with Gasteiger partial charge in [0.1, 0.15) is 11.5 Å². The van der Waals surface area contributed by atoms with Crippen molar-refractivity contribution in [3.05, 3.63) is 88.9 Å². The van der Waals surface area contributed by atoms with Gasteiger partial charge >= 0.3 is 0 Å². The smallest absolute Gasteiger partial charge is 0.267 e. The van der Waals surface area contributed by atoms with E-state index in [0.29, 0.717) is 30.8 Å². The van der Waals surface area contributed by atoms with Gasteiger partial charge in [0.15, 0.2) is 0 Å². The number of nitrogens with one attached hydrogen (secondary N) is 1. The van der Waals surface area contributed by atoms with Crippen LogP contribution < -0.4 is 5.32 Å². The van der Waals surface area contributed by atoms with Crippen LogP contribution in [0.25, 0.3) is 10.2 Å². The molecule has 0 atom stereocenters. The Balaban J connectivity index is 1.55. The third kappa shape index (κ3) is 3.75. The predicted octanol–water partition coefficient (Wildman–Crippen LogP) is 4.26. The second-order valence-electron chi connectivity index (χ2n) is 6.20. The molecule has 0 unspecified atom stereocenters. The molecular weight excluding hydrogens is 361 g/mol. The number of rotatable bonds is 6. The molecule has 6 heteroatoms. The molecule has 1 amide bonds. The summed E-state index contributed by atoms with van der Waals surface area (Å²) in [7, 11) is 0. The molecule has 27 heavy (non-hydrogen) atoms. The number of amides is 1. The number of hydrogen-bond donors (Lipinski definition) is 1. The lowest BCUT2D eigenvalue weighted by molar-refractivity contribution is 0.0945. The molecule has 1 aromatic carbocycles. The van der Waals surface area contributed by atoms with E-state index in [1.807, 2.05) is 40.3 Å². The van der Waals surface area contributed by atoms with E-state index in [-0.39, 0.29) is 11.7 Å². The maximum Gasteiger partial charge on any atom is 0.267 e. The molecule has 4 aromatic rings. The van der Waals surface area contributed by atoms with Crippen LogP contribution in [-0.4, -0.2) is 22.0 Å². The molecule has 0 aliphatic heterocycles. The first-order valence-corrected chi connectivity index (χ1v) is 9.58. The molecule has 136 valence electrons. The number of hydrogen-bond acceptors (Lipinski definition) is 3. The Hall–Kier alpha value is -2.99. The summed E-state index contributed by atoms with van der Waals surface area (Å²) in [4.78, 5) is 17.0. The Morgan fingerprint density at radius 1 is 1.15 bits per heavy atom. The van der Waals surface area contributed by atoms with E-state index in [9.17, 15) is 9.18 Å². The minimum Gasteiger partial charge on any atom is -0.350 e. The summed E-state index contributed by atoms with van der Waals surface area (Å²) in [5.41, 5.74) is 2.98. The molecule has 4 nitrogen and oxygen atoms in total. The average molecular weight is 379 g/mol. The average Bonchev–Trinajstić information content (AvgIpc) is 3.27. The number of pyridine rings is 1. The van der Waals surface area contributed by atoms with Crippen molar-refractivity contribution >= 4 is 27.5 Å². The first-order chi connectivity index (χ1) is 13.2. The van der Waals surface area contributed by atoms with Gasteiger partial charge in [0.2, 0.25) is 0 Å². The number of thiophene rings is 1. The van der Waals surface area contributed by atoms with Crippen LogP contribution in [0.5, 0.6) is 0 Å². The molecule has 0 aliphatic carbocycles. The lowest BCUT2D eigenvalue weighted by Gasteiger charge is -2.11. The van der Waals surface area contributed by atoms with Gasteiger partial charge in [-0.05, 0) is 35.7 Å². The highest BCUT2D eigenvalue weighted by atomic mass is 32.1. The maximum atomic E-state index is 14.1. The number of carbonyl (C=O) groups is 1. The molecule has 0 saturated carbocycles. The highest BCUT2D eigenvalue weighted by Crippen LogP contribution is 2.26. The molecular formula is C21H18FN3OS. The third-order valence-electron chi connectivity index (χ3n) is 4.43. The van der Waals surface area contributed by atoms with Crippen LogP contribution >= 0.6 is 11.3 Å². The fraction of sp³-hybridized carbons (Fsp3) is 0.143. The van der Waals surface area contributed by atoms with E-state index in [2.05, 4.69) is 10.3 Å². The fourth-order valence-electron chi connectivity index (χ4n) is 3.07. The molecule has 0 saturated heterocycles. The number of benzene rings is 1. The van der Waals surface area contributed by atoms with Crippen molar-refractivity contribution in [3.8, 4) is 0 Å². The Morgan fingerprint density at radius 2 is 2.00 bits per heavy atom. The van der Waals surface area contributed by atoms with Gasteiger partial charge in [-0.3, -0.25) is 9.78 Å². The lowest BCUT2D eigenvalue weighted by atomic mass is 10.2. The zero-order valence-corrected chi connectivity index (χ0v) is 15.4. The quantitative estimate of drug-likeness (QED) is 0.544. The van der Waals surface area contributed by atoms with Crippen molar-refractivity contribution < 1.29 is 9.18 Å². The van der Waals surface area contributed by atoms with Gasteiger partial charge in [-0.25, -0.2) is 4.39 Å². The van der Waals surface area contributed by atoms with Crippen LogP contribution in [0.15, 0.2) is 66.2 Å². The second kappa shape index (κ2) is 7.72. The highest BCUT2D eigenvalue weighted by molar-refractivity contribution is 7.17. The Labute approximate surface area is 160 Å². The molecule has 0 radical (unpaired) electrons. The molecule has 1 N–H and O–H groups in total. The van der Waals surface area contributed by atoms with Crippen LogP contribution in [0, 0.1) is 5.82 Å². The maximum absolute atomic E-state index is 14.1. The Bertz CT molecular complexity index is 1070. The van der Waals surface area contributed by atoms with E-state index in [1.54, 1.807) is 35.7 Å². The van der Waals surface area contributed by atoms with Crippen LogP contribution in [0.1, 0.15) is 21.7 Å². The van der Waals surface area contributed by atoms with Crippen molar-refractivity contribution in [2.45, 2.75) is 13.0 Å². The van der Waals surface area contributed by atoms with Gasteiger partial charge in [0.05, 0.1) is 16.8 Å². The van der Waals surface area contributed by atoms with E-state index >= 15 is 0 Å². The van der Waals surface area contributed by atoms with E-state index < -0.39 is 0 Å². The summed E-state index contributed by atoms with van der Waals surface area (Å²) in [6, 6.07) is 16.2. The summed E-state index contributed by atoms with van der Waals surface area (Å²) >= 11 is 1.57. The second-order valence-corrected chi connectivity index (χ2v) is 7.15.